The van der Waals surface area contributed by atoms with Crippen molar-refractivity contribution in [1.82, 2.24) is 10.2 Å². The summed E-state index contributed by atoms with van der Waals surface area (Å²) in [5, 5.41) is 2.78. The SMILES string of the molecule is COc1cc(CN(C)C(=O)[C@H](C)NC(=O)C(C)(C)C)ccc1OCc1ccccc1. The van der Waals surface area contributed by atoms with Crippen LogP contribution in [0.3, 0.4) is 0 Å². The molecule has 0 saturated heterocycles. The van der Waals surface area contributed by atoms with Gasteiger partial charge in [0.25, 0.3) is 0 Å². The normalized spacial score (nSPS) is 12.1. The van der Waals surface area contributed by atoms with Crippen LogP contribution in [0.5, 0.6) is 11.5 Å². The highest BCUT2D eigenvalue weighted by atomic mass is 16.5. The maximum absolute atomic E-state index is 12.6. The molecule has 0 aliphatic rings. The predicted molar refractivity (Wildman–Crippen MR) is 117 cm³/mol. The van der Waals surface area contributed by atoms with E-state index in [9.17, 15) is 9.59 Å². The molecule has 2 aromatic carbocycles. The molecule has 0 fully saturated rings. The monoisotopic (exact) mass is 412 g/mol. The lowest BCUT2D eigenvalue weighted by Crippen LogP contribution is -2.48. The van der Waals surface area contributed by atoms with Crippen LogP contribution in [0.15, 0.2) is 48.5 Å². The van der Waals surface area contributed by atoms with E-state index in [4.69, 9.17) is 9.47 Å². The number of ether oxygens (including phenoxy) is 2. The maximum Gasteiger partial charge on any atom is 0.244 e. The largest absolute Gasteiger partial charge is 0.493 e. The van der Waals surface area contributed by atoms with Gasteiger partial charge in [-0.3, -0.25) is 9.59 Å². The molecule has 0 heterocycles. The summed E-state index contributed by atoms with van der Waals surface area (Å²) in [6.07, 6.45) is 0. The van der Waals surface area contributed by atoms with Gasteiger partial charge in [0.2, 0.25) is 11.8 Å². The fourth-order valence-corrected chi connectivity index (χ4v) is 2.82. The zero-order valence-electron chi connectivity index (χ0n) is 18.7. The van der Waals surface area contributed by atoms with Gasteiger partial charge in [0.15, 0.2) is 11.5 Å². The summed E-state index contributed by atoms with van der Waals surface area (Å²) in [6, 6.07) is 14.9. The first-order valence-electron chi connectivity index (χ1n) is 10.0. The molecule has 6 nitrogen and oxygen atoms in total. The van der Waals surface area contributed by atoms with Gasteiger partial charge in [-0.25, -0.2) is 0 Å². The van der Waals surface area contributed by atoms with Gasteiger partial charge < -0.3 is 19.7 Å². The van der Waals surface area contributed by atoms with Gasteiger partial charge in [0.05, 0.1) is 7.11 Å². The van der Waals surface area contributed by atoms with Crippen molar-refractivity contribution in [2.24, 2.45) is 5.41 Å². The number of nitrogens with zero attached hydrogens (tertiary/aromatic N) is 1. The van der Waals surface area contributed by atoms with Crippen LogP contribution in [-0.2, 0) is 22.7 Å². The molecule has 2 aromatic rings. The summed E-state index contributed by atoms with van der Waals surface area (Å²) >= 11 is 0. The number of hydrogen-bond acceptors (Lipinski definition) is 4. The first-order chi connectivity index (χ1) is 14.1. The molecule has 1 atom stereocenters. The Bertz CT molecular complexity index is 859. The molecule has 0 aliphatic heterocycles. The van der Waals surface area contributed by atoms with Gasteiger partial charge in [-0.1, -0.05) is 57.2 Å². The van der Waals surface area contributed by atoms with Crippen LogP contribution < -0.4 is 14.8 Å². The zero-order chi connectivity index (χ0) is 22.3. The molecule has 2 rings (SSSR count). The van der Waals surface area contributed by atoms with Crippen molar-refractivity contribution in [1.29, 1.82) is 0 Å². The van der Waals surface area contributed by atoms with Crippen molar-refractivity contribution in [3.05, 3.63) is 59.7 Å². The summed E-state index contributed by atoms with van der Waals surface area (Å²) in [6.45, 7) is 7.98. The van der Waals surface area contributed by atoms with E-state index >= 15 is 0 Å². The number of nitrogens with one attached hydrogen (secondary N) is 1. The third kappa shape index (κ3) is 6.51. The van der Waals surface area contributed by atoms with Crippen LogP contribution in [0.25, 0.3) is 0 Å². The van der Waals surface area contributed by atoms with E-state index < -0.39 is 11.5 Å². The van der Waals surface area contributed by atoms with Crippen LogP contribution in [-0.4, -0.2) is 36.9 Å². The third-order valence-corrected chi connectivity index (χ3v) is 4.66. The molecular formula is C24H32N2O4. The molecule has 2 amide bonds. The van der Waals surface area contributed by atoms with E-state index in [1.54, 1.807) is 26.0 Å². The summed E-state index contributed by atoms with van der Waals surface area (Å²) in [4.78, 5) is 26.4. The molecule has 1 N–H and O–H groups in total. The maximum atomic E-state index is 12.6. The Balaban J connectivity index is 2.00. The Morgan fingerprint density at radius 2 is 1.70 bits per heavy atom. The molecule has 6 heteroatoms. The number of carbonyl (C=O) groups excluding carboxylic acids is 2. The van der Waals surface area contributed by atoms with Gasteiger partial charge >= 0.3 is 0 Å². The second-order valence-corrected chi connectivity index (χ2v) is 8.40. The summed E-state index contributed by atoms with van der Waals surface area (Å²) in [7, 11) is 3.31. The lowest BCUT2D eigenvalue weighted by atomic mass is 9.95. The van der Waals surface area contributed by atoms with Crippen molar-refractivity contribution < 1.29 is 19.1 Å². The topological polar surface area (TPSA) is 67.9 Å². The van der Waals surface area contributed by atoms with E-state index in [1.165, 1.54) is 0 Å². The van der Waals surface area contributed by atoms with Crippen molar-refractivity contribution in [3.8, 4) is 11.5 Å². The molecular weight excluding hydrogens is 380 g/mol. The van der Waals surface area contributed by atoms with Gasteiger partial charge in [-0.05, 0) is 30.2 Å². The zero-order valence-corrected chi connectivity index (χ0v) is 18.7. The molecule has 0 saturated carbocycles. The Labute approximate surface area is 179 Å². The summed E-state index contributed by atoms with van der Waals surface area (Å²) in [5.41, 5.74) is 1.43. The molecule has 0 bridgehead atoms. The Morgan fingerprint density at radius 3 is 2.30 bits per heavy atom. The highest BCUT2D eigenvalue weighted by Crippen LogP contribution is 2.29. The molecule has 0 aromatic heterocycles. The summed E-state index contributed by atoms with van der Waals surface area (Å²) < 4.78 is 11.4. The van der Waals surface area contributed by atoms with Gasteiger partial charge in [0, 0.05) is 19.0 Å². The second-order valence-electron chi connectivity index (χ2n) is 8.40. The minimum Gasteiger partial charge on any atom is -0.493 e. The smallest absolute Gasteiger partial charge is 0.244 e. The minimum absolute atomic E-state index is 0.154. The average molecular weight is 413 g/mol. The van der Waals surface area contributed by atoms with Gasteiger partial charge in [-0.2, -0.15) is 0 Å². The number of carbonyl (C=O) groups is 2. The Morgan fingerprint density at radius 1 is 1.03 bits per heavy atom. The van der Waals surface area contributed by atoms with E-state index in [2.05, 4.69) is 5.32 Å². The van der Waals surface area contributed by atoms with Crippen molar-refractivity contribution >= 4 is 11.8 Å². The Kier molecular flexibility index (Phi) is 7.86. The first-order valence-corrected chi connectivity index (χ1v) is 10.0. The standard InChI is InChI=1S/C24H32N2O4/c1-17(25-23(28)24(2,3)4)22(27)26(5)15-19-12-13-20(21(14-19)29-6)30-16-18-10-8-7-9-11-18/h7-14,17H,15-16H2,1-6H3,(H,25,28)/t17-/m0/s1. The highest BCUT2D eigenvalue weighted by Gasteiger charge is 2.26. The van der Waals surface area contributed by atoms with Crippen molar-refractivity contribution in [2.45, 2.75) is 46.9 Å². The van der Waals surface area contributed by atoms with Crippen LogP contribution in [0.2, 0.25) is 0 Å². The fraction of sp³-hybridized carbons (Fsp3) is 0.417. The molecule has 0 unspecified atom stereocenters. The van der Waals surface area contributed by atoms with Crippen LogP contribution in [0, 0.1) is 5.41 Å². The van der Waals surface area contributed by atoms with Crippen LogP contribution in [0.4, 0.5) is 0 Å². The number of methoxy groups -OCH3 is 1. The first kappa shape index (κ1) is 23.3. The third-order valence-electron chi connectivity index (χ3n) is 4.66. The van der Waals surface area contributed by atoms with Crippen LogP contribution in [0.1, 0.15) is 38.8 Å². The van der Waals surface area contributed by atoms with E-state index in [1.807, 2.05) is 69.3 Å². The molecule has 0 radical (unpaired) electrons. The van der Waals surface area contributed by atoms with E-state index in [-0.39, 0.29) is 11.8 Å². The molecule has 30 heavy (non-hydrogen) atoms. The lowest BCUT2D eigenvalue weighted by molar-refractivity contribution is -0.137. The molecule has 0 aliphatic carbocycles. The van der Waals surface area contributed by atoms with Gasteiger partial charge in [0.1, 0.15) is 12.6 Å². The number of hydrogen-bond donors (Lipinski definition) is 1. The molecule has 162 valence electrons. The van der Waals surface area contributed by atoms with E-state index in [0.29, 0.717) is 24.7 Å². The summed E-state index contributed by atoms with van der Waals surface area (Å²) in [5.74, 6) is 0.942. The van der Waals surface area contributed by atoms with Gasteiger partial charge in [-0.15, -0.1) is 0 Å². The quantitative estimate of drug-likeness (QED) is 0.716. The minimum atomic E-state index is -0.600. The predicted octanol–water partition coefficient (Wildman–Crippen LogP) is 3.78. The molecule has 0 spiro atoms. The average Bonchev–Trinajstić information content (AvgIpc) is 2.71. The Hall–Kier alpha value is -3.02. The lowest BCUT2D eigenvalue weighted by Gasteiger charge is -2.25. The van der Waals surface area contributed by atoms with E-state index in [0.717, 1.165) is 11.1 Å². The van der Waals surface area contributed by atoms with Crippen molar-refractivity contribution in [2.75, 3.05) is 14.2 Å². The number of amides is 2. The van der Waals surface area contributed by atoms with Crippen LogP contribution >= 0.6 is 0 Å². The second kappa shape index (κ2) is 10.1. The number of likely N-dealkylation sites (N-methyl/N-ethyl adjacent to an activating group) is 1. The fourth-order valence-electron chi connectivity index (χ4n) is 2.82. The number of rotatable bonds is 8. The van der Waals surface area contributed by atoms with Crippen molar-refractivity contribution in [3.63, 3.8) is 0 Å². The highest BCUT2D eigenvalue weighted by molar-refractivity contribution is 5.89. The number of benzene rings is 2.